The van der Waals surface area contributed by atoms with Gasteiger partial charge in [0.1, 0.15) is 11.6 Å². The molecule has 1 unspecified atom stereocenters. The highest BCUT2D eigenvalue weighted by Gasteiger charge is 2.34. The lowest BCUT2D eigenvalue weighted by Gasteiger charge is -2.15. The average Bonchev–Trinajstić information content (AvgIpc) is 3.24. The molecule has 1 aliphatic carbocycles. The van der Waals surface area contributed by atoms with E-state index in [0.717, 1.165) is 19.1 Å². The molecule has 0 aromatic heterocycles. The smallest absolute Gasteiger partial charge is 0.289 e. The molecule has 0 spiro atoms. The largest absolute Gasteiger partial charge is 0.385 e. The quantitative estimate of drug-likeness (QED) is 0.663. The van der Waals surface area contributed by atoms with Gasteiger partial charge in [-0.05, 0) is 43.9 Å². The zero-order valence-electron chi connectivity index (χ0n) is 11.8. The number of benzene rings is 1. The third kappa shape index (κ3) is 3.14. The number of nitrogens with zero attached hydrogens (tertiary/aromatic N) is 3. The van der Waals surface area contributed by atoms with Gasteiger partial charge in [0, 0.05) is 30.9 Å². The molecule has 0 bridgehead atoms. The summed E-state index contributed by atoms with van der Waals surface area (Å²) in [6, 6.07) is 7.35. The Morgan fingerprint density at radius 3 is 2.90 bits per heavy atom. The molecule has 1 saturated heterocycles. The number of nitro groups is 1. The summed E-state index contributed by atoms with van der Waals surface area (Å²) in [4.78, 5) is 13.0. The fraction of sp³-hybridized carbons (Fsp3) is 0.533. The van der Waals surface area contributed by atoms with Gasteiger partial charge in [0.05, 0.1) is 4.92 Å². The van der Waals surface area contributed by atoms with Gasteiger partial charge in [-0.15, -0.1) is 0 Å². The number of nitriles is 1. The molecule has 1 aliphatic heterocycles. The molecule has 6 heteroatoms. The van der Waals surface area contributed by atoms with Crippen LogP contribution in [0.25, 0.3) is 0 Å². The maximum absolute atomic E-state index is 10.9. The molecule has 110 valence electrons. The molecule has 1 saturated carbocycles. The molecular formula is C15H18N4O2. The van der Waals surface area contributed by atoms with Crippen LogP contribution in [0.15, 0.2) is 18.2 Å². The second-order valence-electron chi connectivity index (χ2n) is 5.86. The monoisotopic (exact) mass is 286 g/mol. The molecule has 1 aromatic rings. The van der Waals surface area contributed by atoms with Crippen molar-refractivity contribution < 1.29 is 4.92 Å². The molecule has 0 amide bonds. The van der Waals surface area contributed by atoms with Crippen molar-refractivity contribution in [1.82, 2.24) is 4.90 Å². The summed E-state index contributed by atoms with van der Waals surface area (Å²) in [6.45, 7) is 3.12. The molecule has 3 rings (SSSR count). The Hall–Kier alpha value is -2.13. The zero-order valence-corrected chi connectivity index (χ0v) is 11.8. The first-order valence-electron chi connectivity index (χ1n) is 7.34. The molecule has 1 heterocycles. The number of hydrogen-bond acceptors (Lipinski definition) is 5. The van der Waals surface area contributed by atoms with Crippen molar-refractivity contribution >= 4 is 11.4 Å². The van der Waals surface area contributed by atoms with Crippen molar-refractivity contribution in [2.45, 2.75) is 25.3 Å². The van der Waals surface area contributed by atoms with E-state index in [-0.39, 0.29) is 11.3 Å². The summed E-state index contributed by atoms with van der Waals surface area (Å²) in [6.07, 6.45) is 3.85. The minimum Gasteiger partial charge on any atom is -0.385 e. The summed E-state index contributed by atoms with van der Waals surface area (Å²) < 4.78 is 0. The van der Waals surface area contributed by atoms with Crippen LogP contribution in [0, 0.1) is 27.4 Å². The van der Waals surface area contributed by atoms with Crippen LogP contribution in [0.2, 0.25) is 0 Å². The third-order valence-corrected chi connectivity index (χ3v) is 4.29. The van der Waals surface area contributed by atoms with E-state index in [2.05, 4.69) is 10.2 Å². The SMILES string of the molecule is N#Cc1ccc(NCC2CCN(C3CC3)C2)cc1[N+](=O)[O-]. The van der Waals surface area contributed by atoms with Crippen molar-refractivity contribution in [3.63, 3.8) is 0 Å². The lowest BCUT2D eigenvalue weighted by atomic mass is 10.1. The van der Waals surface area contributed by atoms with E-state index in [4.69, 9.17) is 5.26 Å². The first kappa shape index (κ1) is 13.8. The summed E-state index contributed by atoms with van der Waals surface area (Å²) in [5.41, 5.74) is 0.686. The van der Waals surface area contributed by atoms with E-state index in [1.54, 1.807) is 6.07 Å². The Bertz CT molecular complexity index is 592. The zero-order chi connectivity index (χ0) is 14.8. The van der Waals surface area contributed by atoms with Gasteiger partial charge in [-0.1, -0.05) is 0 Å². The molecule has 21 heavy (non-hydrogen) atoms. The Balaban J connectivity index is 1.59. The van der Waals surface area contributed by atoms with Gasteiger partial charge in [0.25, 0.3) is 5.69 Å². The molecule has 1 N–H and O–H groups in total. The van der Waals surface area contributed by atoms with Crippen molar-refractivity contribution in [2.75, 3.05) is 25.0 Å². The van der Waals surface area contributed by atoms with Crippen molar-refractivity contribution in [1.29, 1.82) is 5.26 Å². The van der Waals surface area contributed by atoms with Gasteiger partial charge in [-0.3, -0.25) is 10.1 Å². The summed E-state index contributed by atoms with van der Waals surface area (Å²) in [5.74, 6) is 0.597. The highest BCUT2D eigenvalue weighted by atomic mass is 16.6. The molecular weight excluding hydrogens is 268 g/mol. The highest BCUT2D eigenvalue weighted by Crippen LogP contribution is 2.32. The van der Waals surface area contributed by atoms with Gasteiger partial charge in [-0.2, -0.15) is 5.26 Å². The number of likely N-dealkylation sites (tertiary alicyclic amines) is 1. The molecule has 6 nitrogen and oxygen atoms in total. The first-order chi connectivity index (χ1) is 10.2. The standard InChI is InChI=1S/C15H18N4O2/c16-8-12-1-2-13(7-15(12)19(20)21)17-9-11-5-6-18(10-11)14-3-4-14/h1-2,7,11,14,17H,3-6,9-10H2. The second kappa shape index (κ2) is 5.70. The Kier molecular flexibility index (Phi) is 3.76. The number of nitrogens with one attached hydrogen (secondary N) is 1. The van der Waals surface area contributed by atoms with Crippen LogP contribution >= 0.6 is 0 Å². The van der Waals surface area contributed by atoms with Crippen LogP contribution in [0.5, 0.6) is 0 Å². The van der Waals surface area contributed by atoms with E-state index in [1.807, 2.05) is 6.07 Å². The number of nitro benzene ring substituents is 1. The van der Waals surface area contributed by atoms with Crippen LogP contribution in [-0.4, -0.2) is 35.5 Å². The van der Waals surface area contributed by atoms with Crippen LogP contribution in [0.3, 0.4) is 0 Å². The highest BCUT2D eigenvalue weighted by molar-refractivity contribution is 5.59. The summed E-state index contributed by atoms with van der Waals surface area (Å²) in [5, 5.41) is 23.1. The average molecular weight is 286 g/mol. The first-order valence-corrected chi connectivity index (χ1v) is 7.34. The maximum atomic E-state index is 10.9. The van der Waals surface area contributed by atoms with Crippen molar-refractivity contribution in [2.24, 2.45) is 5.92 Å². The fourth-order valence-electron chi connectivity index (χ4n) is 2.95. The molecule has 1 atom stereocenters. The Morgan fingerprint density at radius 2 is 2.24 bits per heavy atom. The fourth-order valence-corrected chi connectivity index (χ4v) is 2.95. The van der Waals surface area contributed by atoms with Gasteiger partial charge >= 0.3 is 0 Å². The lowest BCUT2D eigenvalue weighted by Crippen LogP contribution is -2.24. The van der Waals surface area contributed by atoms with Gasteiger partial charge in [0.2, 0.25) is 0 Å². The lowest BCUT2D eigenvalue weighted by molar-refractivity contribution is -0.385. The van der Waals surface area contributed by atoms with Crippen LogP contribution < -0.4 is 5.32 Å². The Labute approximate surface area is 123 Å². The van der Waals surface area contributed by atoms with E-state index in [0.29, 0.717) is 11.6 Å². The second-order valence-corrected chi connectivity index (χ2v) is 5.86. The summed E-state index contributed by atoms with van der Waals surface area (Å²) >= 11 is 0. The van der Waals surface area contributed by atoms with E-state index in [9.17, 15) is 10.1 Å². The van der Waals surface area contributed by atoms with Crippen LogP contribution in [0.1, 0.15) is 24.8 Å². The number of hydrogen-bond donors (Lipinski definition) is 1. The van der Waals surface area contributed by atoms with Gasteiger partial charge in [0.15, 0.2) is 0 Å². The minimum atomic E-state index is -0.506. The third-order valence-electron chi connectivity index (χ3n) is 4.29. The number of rotatable bonds is 5. The predicted octanol–water partition coefficient (Wildman–Crippen LogP) is 2.36. The topological polar surface area (TPSA) is 82.2 Å². The molecule has 1 aromatic carbocycles. The maximum Gasteiger partial charge on any atom is 0.289 e. The number of anilines is 1. The van der Waals surface area contributed by atoms with Crippen molar-refractivity contribution in [3.8, 4) is 6.07 Å². The Morgan fingerprint density at radius 1 is 1.43 bits per heavy atom. The van der Waals surface area contributed by atoms with E-state index >= 15 is 0 Å². The van der Waals surface area contributed by atoms with Crippen LogP contribution in [-0.2, 0) is 0 Å². The van der Waals surface area contributed by atoms with Crippen molar-refractivity contribution in [3.05, 3.63) is 33.9 Å². The van der Waals surface area contributed by atoms with E-state index < -0.39 is 4.92 Å². The molecule has 2 fully saturated rings. The van der Waals surface area contributed by atoms with Crippen LogP contribution in [0.4, 0.5) is 11.4 Å². The van der Waals surface area contributed by atoms with Gasteiger partial charge < -0.3 is 10.2 Å². The molecule has 0 radical (unpaired) electrons. The summed E-state index contributed by atoms with van der Waals surface area (Å²) in [7, 11) is 0. The minimum absolute atomic E-state index is 0.103. The van der Waals surface area contributed by atoms with E-state index in [1.165, 1.54) is 37.9 Å². The normalized spacial score (nSPS) is 22.0. The predicted molar refractivity (Wildman–Crippen MR) is 79.0 cm³/mol. The van der Waals surface area contributed by atoms with Gasteiger partial charge in [-0.25, -0.2) is 0 Å². The molecule has 2 aliphatic rings.